The van der Waals surface area contributed by atoms with Crippen LogP contribution in [0.3, 0.4) is 0 Å². The van der Waals surface area contributed by atoms with Gasteiger partial charge in [-0.3, -0.25) is 9.69 Å². The van der Waals surface area contributed by atoms with Crippen molar-refractivity contribution in [1.29, 1.82) is 0 Å². The number of ether oxygens (including phenoxy) is 2. The number of nitrogens with zero attached hydrogens (tertiary/aromatic N) is 1. The van der Waals surface area contributed by atoms with Crippen molar-refractivity contribution < 1.29 is 14.3 Å². The number of carbonyl (C=O) groups is 1. The molecule has 23 heavy (non-hydrogen) atoms. The van der Waals surface area contributed by atoms with E-state index in [2.05, 4.69) is 10.2 Å². The fraction of sp³-hybridized carbons (Fsp3) is 0.611. The van der Waals surface area contributed by atoms with Crippen molar-refractivity contribution in [3.05, 3.63) is 30.3 Å². The van der Waals surface area contributed by atoms with Gasteiger partial charge in [0.25, 0.3) is 0 Å². The third-order valence-corrected chi connectivity index (χ3v) is 4.15. The zero-order chi connectivity index (χ0) is 16.3. The van der Waals surface area contributed by atoms with Crippen LogP contribution in [0.15, 0.2) is 30.3 Å². The van der Waals surface area contributed by atoms with Gasteiger partial charge in [-0.25, -0.2) is 0 Å². The van der Waals surface area contributed by atoms with Crippen LogP contribution in [-0.4, -0.2) is 57.3 Å². The number of rotatable bonds is 9. The molecule has 0 saturated carbocycles. The fourth-order valence-corrected chi connectivity index (χ4v) is 2.75. The second-order valence-electron chi connectivity index (χ2n) is 6.04. The van der Waals surface area contributed by atoms with E-state index in [0.29, 0.717) is 25.6 Å². The molecule has 0 bridgehead atoms. The Kier molecular flexibility index (Phi) is 7.90. The average Bonchev–Trinajstić information content (AvgIpc) is 2.59. The molecule has 1 aromatic rings. The van der Waals surface area contributed by atoms with Gasteiger partial charge in [0.05, 0.1) is 13.2 Å². The molecular weight excluding hydrogens is 292 g/mol. The number of hydrogen-bond donors (Lipinski definition) is 1. The van der Waals surface area contributed by atoms with Crippen LogP contribution in [0.4, 0.5) is 0 Å². The van der Waals surface area contributed by atoms with Crippen LogP contribution in [0.1, 0.15) is 19.3 Å². The van der Waals surface area contributed by atoms with E-state index in [1.807, 2.05) is 30.3 Å². The summed E-state index contributed by atoms with van der Waals surface area (Å²) in [5.41, 5.74) is 0. The van der Waals surface area contributed by atoms with Crippen molar-refractivity contribution in [3.8, 4) is 5.75 Å². The third-order valence-electron chi connectivity index (χ3n) is 4.15. The van der Waals surface area contributed by atoms with Crippen molar-refractivity contribution in [2.45, 2.75) is 19.3 Å². The lowest BCUT2D eigenvalue weighted by molar-refractivity contribution is -0.122. The van der Waals surface area contributed by atoms with Crippen LogP contribution >= 0.6 is 0 Å². The number of carbonyl (C=O) groups excluding carboxylic acids is 1. The molecule has 0 aromatic heterocycles. The molecule has 128 valence electrons. The van der Waals surface area contributed by atoms with Gasteiger partial charge in [-0.1, -0.05) is 18.2 Å². The van der Waals surface area contributed by atoms with Crippen molar-refractivity contribution in [2.75, 3.05) is 46.5 Å². The van der Waals surface area contributed by atoms with Crippen LogP contribution in [0.25, 0.3) is 0 Å². The van der Waals surface area contributed by atoms with Gasteiger partial charge in [-0.05, 0) is 50.4 Å². The topological polar surface area (TPSA) is 50.8 Å². The summed E-state index contributed by atoms with van der Waals surface area (Å²) in [7, 11) is 1.67. The van der Waals surface area contributed by atoms with E-state index in [4.69, 9.17) is 9.47 Å². The van der Waals surface area contributed by atoms with Gasteiger partial charge in [0, 0.05) is 20.3 Å². The minimum atomic E-state index is 0.111. The molecule has 5 heteroatoms. The van der Waals surface area contributed by atoms with Crippen molar-refractivity contribution in [3.63, 3.8) is 0 Å². The van der Waals surface area contributed by atoms with Crippen molar-refractivity contribution in [1.82, 2.24) is 10.2 Å². The second-order valence-corrected chi connectivity index (χ2v) is 6.04. The van der Waals surface area contributed by atoms with Gasteiger partial charge < -0.3 is 14.8 Å². The summed E-state index contributed by atoms with van der Waals surface area (Å²) in [6.45, 7) is 4.57. The Morgan fingerprint density at radius 2 is 2.00 bits per heavy atom. The van der Waals surface area contributed by atoms with Crippen LogP contribution in [0.2, 0.25) is 0 Å². The van der Waals surface area contributed by atoms with Gasteiger partial charge >= 0.3 is 0 Å². The van der Waals surface area contributed by atoms with E-state index in [1.54, 1.807) is 7.11 Å². The largest absolute Gasteiger partial charge is 0.493 e. The molecule has 2 rings (SSSR count). The highest BCUT2D eigenvalue weighted by Crippen LogP contribution is 2.19. The van der Waals surface area contributed by atoms with Gasteiger partial charge in [-0.15, -0.1) is 0 Å². The minimum absolute atomic E-state index is 0.111. The highest BCUT2D eigenvalue weighted by Gasteiger charge is 2.21. The minimum Gasteiger partial charge on any atom is -0.493 e. The highest BCUT2D eigenvalue weighted by atomic mass is 16.5. The van der Waals surface area contributed by atoms with E-state index in [0.717, 1.165) is 44.7 Å². The molecular formula is C18H28N2O3. The Bertz CT molecular complexity index is 445. The highest BCUT2D eigenvalue weighted by molar-refractivity contribution is 5.77. The van der Waals surface area contributed by atoms with E-state index in [1.165, 1.54) is 0 Å². The molecule has 0 radical (unpaired) electrons. The van der Waals surface area contributed by atoms with Crippen LogP contribution in [0, 0.1) is 5.92 Å². The Labute approximate surface area is 139 Å². The number of likely N-dealkylation sites (tertiary alicyclic amines) is 1. The zero-order valence-corrected chi connectivity index (χ0v) is 14.0. The predicted molar refractivity (Wildman–Crippen MR) is 90.6 cm³/mol. The molecule has 5 nitrogen and oxygen atoms in total. The van der Waals surface area contributed by atoms with E-state index < -0.39 is 0 Å². The number of amides is 1. The van der Waals surface area contributed by atoms with E-state index in [9.17, 15) is 4.79 Å². The smallest absolute Gasteiger partial charge is 0.234 e. The summed E-state index contributed by atoms with van der Waals surface area (Å²) in [6.07, 6.45) is 3.04. The van der Waals surface area contributed by atoms with E-state index >= 15 is 0 Å². The molecule has 1 N–H and O–H groups in total. The quantitative estimate of drug-likeness (QED) is 0.707. The molecule has 1 saturated heterocycles. The first-order valence-corrected chi connectivity index (χ1v) is 8.44. The standard InChI is InChI=1S/C18H28N2O3/c1-22-13-5-10-19-18(21)14-20-11-8-16(9-12-20)15-23-17-6-3-2-4-7-17/h2-4,6-7,16H,5,8-15H2,1H3,(H,19,21). The van der Waals surface area contributed by atoms with Gasteiger partial charge in [-0.2, -0.15) is 0 Å². The summed E-state index contributed by atoms with van der Waals surface area (Å²) in [4.78, 5) is 14.1. The Morgan fingerprint density at radius 1 is 1.26 bits per heavy atom. The van der Waals surface area contributed by atoms with Crippen LogP contribution in [0.5, 0.6) is 5.75 Å². The molecule has 0 aliphatic carbocycles. The number of piperidine rings is 1. The molecule has 1 aromatic carbocycles. The number of hydrogen-bond acceptors (Lipinski definition) is 4. The first-order chi connectivity index (χ1) is 11.3. The summed E-state index contributed by atoms with van der Waals surface area (Å²) in [5, 5.41) is 2.94. The number of nitrogens with one attached hydrogen (secondary N) is 1. The Hall–Kier alpha value is -1.59. The van der Waals surface area contributed by atoms with E-state index in [-0.39, 0.29) is 5.91 Å². The first kappa shape index (κ1) is 17.8. The summed E-state index contributed by atoms with van der Waals surface area (Å²) in [5.74, 6) is 1.63. The lowest BCUT2D eigenvalue weighted by atomic mass is 9.98. The number of methoxy groups -OCH3 is 1. The maximum Gasteiger partial charge on any atom is 0.234 e. The molecule has 1 aliphatic heterocycles. The normalized spacial score (nSPS) is 16.2. The second kappa shape index (κ2) is 10.2. The monoisotopic (exact) mass is 320 g/mol. The fourth-order valence-electron chi connectivity index (χ4n) is 2.75. The maximum atomic E-state index is 11.8. The average molecular weight is 320 g/mol. The zero-order valence-electron chi connectivity index (χ0n) is 14.0. The number of para-hydroxylation sites is 1. The molecule has 0 spiro atoms. The first-order valence-electron chi connectivity index (χ1n) is 8.44. The van der Waals surface area contributed by atoms with Crippen LogP contribution < -0.4 is 10.1 Å². The third kappa shape index (κ3) is 7.01. The van der Waals surface area contributed by atoms with Gasteiger partial charge in [0.2, 0.25) is 5.91 Å². The maximum absolute atomic E-state index is 11.8. The SMILES string of the molecule is COCCCNC(=O)CN1CCC(COc2ccccc2)CC1. The van der Waals surface area contributed by atoms with Crippen molar-refractivity contribution in [2.24, 2.45) is 5.92 Å². The summed E-state index contributed by atoms with van der Waals surface area (Å²) >= 11 is 0. The molecule has 1 amide bonds. The lowest BCUT2D eigenvalue weighted by Crippen LogP contribution is -2.42. The Morgan fingerprint density at radius 3 is 2.70 bits per heavy atom. The molecule has 1 fully saturated rings. The lowest BCUT2D eigenvalue weighted by Gasteiger charge is -2.31. The molecule has 1 heterocycles. The summed E-state index contributed by atoms with van der Waals surface area (Å²) in [6, 6.07) is 9.95. The molecule has 1 aliphatic rings. The summed E-state index contributed by atoms with van der Waals surface area (Å²) < 4.78 is 10.8. The van der Waals surface area contributed by atoms with Crippen molar-refractivity contribution >= 4 is 5.91 Å². The van der Waals surface area contributed by atoms with Crippen LogP contribution in [-0.2, 0) is 9.53 Å². The molecule has 0 atom stereocenters. The number of benzene rings is 1. The predicted octanol–water partition coefficient (Wildman–Crippen LogP) is 1.93. The molecule has 0 unspecified atom stereocenters. The Balaban J connectivity index is 1.57. The van der Waals surface area contributed by atoms with Gasteiger partial charge in [0.15, 0.2) is 0 Å². The van der Waals surface area contributed by atoms with Gasteiger partial charge in [0.1, 0.15) is 5.75 Å².